The van der Waals surface area contributed by atoms with E-state index in [9.17, 15) is 9.90 Å². The molecule has 0 saturated carbocycles. The van der Waals surface area contributed by atoms with Crippen LogP contribution in [0.5, 0.6) is 5.75 Å². The van der Waals surface area contributed by atoms with Gasteiger partial charge in [0.25, 0.3) is 0 Å². The van der Waals surface area contributed by atoms with Crippen LogP contribution in [-0.4, -0.2) is 24.2 Å². The Balaban J connectivity index is 1.55. The van der Waals surface area contributed by atoms with Gasteiger partial charge in [-0.3, -0.25) is 4.79 Å². The molecule has 0 bridgehead atoms. The van der Waals surface area contributed by atoms with E-state index in [4.69, 9.17) is 16.3 Å². The maximum atomic E-state index is 12.0. The summed E-state index contributed by atoms with van der Waals surface area (Å²) in [6, 6.07) is 12.9. The molecule has 2 aromatic carbocycles. The van der Waals surface area contributed by atoms with E-state index in [0.717, 1.165) is 28.9 Å². The Morgan fingerprint density at radius 3 is 2.96 bits per heavy atom. The predicted molar refractivity (Wildman–Crippen MR) is 88.8 cm³/mol. The highest BCUT2D eigenvalue weighted by atomic mass is 35.5. The summed E-state index contributed by atoms with van der Waals surface area (Å²) in [6.45, 7) is 0.854. The van der Waals surface area contributed by atoms with Crippen LogP contribution in [0.1, 0.15) is 22.8 Å². The minimum Gasteiger partial charge on any atom is -0.493 e. The van der Waals surface area contributed by atoms with Gasteiger partial charge in [0.15, 0.2) is 0 Å². The number of hydrogen-bond acceptors (Lipinski definition) is 3. The van der Waals surface area contributed by atoms with Gasteiger partial charge in [0.2, 0.25) is 5.91 Å². The first-order chi connectivity index (χ1) is 11.1. The summed E-state index contributed by atoms with van der Waals surface area (Å²) >= 11 is 6.04. The fourth-order valence-electron chi connectivity index (χ4n) is 2.62. The highest BCUT2D eigenvalue weighted by Crippen LogP contribution is 2.28. The molecular weight excluding hydrogens is 314 g/mol. The number of aliphatic hydroxyl groups excluding tert-OH is 1. The zero-order valence-electron chi connectivity index (χ0n) is 12.6. The number of fused-ring (bicyclic) bond motifs is 1. The summed E-state index contributed by atoms with van der Waals surface area (Å²) in [5, 5.41) is 13.6. The minimum atomic E-state index is -0.740. The Bertz CT molecular complexity index is 717. The zero-order chi connectivity index (χ0) is 16.2. The highest BCUT2D eigenvalue weighted by molar-refractivity contribution is 6.31. The molecule has 0 fully saturated rings. The quantitative estimate of drug-likeness (QED) is 0.885. The van der Waals surface area contributed by atoms with Gasteiger partial charge in [-0.1, -0.05) is 35.9 Å². The average molecular weight is 332 g/mol. The van der Waals surface area contributed by atoms with E-state index >= 15 is 0 Å². The number of carbonyl (C=O) groups is 1. The van der Waals surface area contributed by atoms with E-state index in [1.54, 1.807) is 6.07 Å². The normalized spacial score (nSPS) is 14.0. The molecule has 1 aliphatic heterocycles. The molecule has 2 aromatic rings. The molecular formula is C18H18ClNO3. The number of benzene rings is 2. The van der Waals surface area contributed by atoms with E-state index in [0.29, 0.717) is 11.6 Å². The van der Waals surface area contributed by atoms with Gasteiger partial charge in [-0.25, -0.2) is 0 Å². The Morgan fingerprint density at radius 1 is 1.30 bits per heavy atom. The van der Waals surface area contributed by atoms with Crippen LogP contribution in [0.25, 0.3) is 0 Å². The first-order valence-corrected chi connectivity index (χ1v) is 7.95. The van der Waals surface area contributed by atoms with Crippen molar-refractivity contribution in [2.24, 2.45) is 0 Å². The molecule has 0 unspecified atom stereocenters. The van der Waals surface area contributed by atoms with Crippen LogP contribution in [0.3, 0.4) is 0 Å². The van der Waals surface area contributed by atoms with Gasteiger partial charge in [-0.15, -0.1) is 0 Å². The van der Waals surface area contributed by atoms with Crippen molar-refractivity contribution in [3.63, 3.8) is 0 Å². The summed E-state index contributed by atoms with van der Waals surface area (Å²) in [7, 11) is 0. The minimum absolute atomic E-state index is 0.165. The van der Waals surface area contributed by atoms with E-state index in [2.05, 4.69) is 5.32 Å². The standard InChI is InChI=1S/C18H18ClNO3/c19-15-4-2-1-3-12(15)10-18(22)20-11-16(21)13-5-6-17-14(9-13)7-8-23-17/h1-6,9,16,21H,7-8,10-11H2,(H,20,22)/t16-/m1/s1. The SMILES string of the molecule is O=C(Cc1ccccc1Cl)NC[C@@H](O)c1ccc2c(c1)CCO2. The monoisotopic (exact) mass is 331 g/mol. The van der Waals surface area contributed by atoms with Crippen LogP contribution in [0.15, 0.2) is 42.5 Å². The summed E-state index contributed by atoms with van der Waals surface area (Å²) < 4.78 is 5.45. The Labute approximate surface area is 140 Å². The number of rotatable bonds is 5. The summed E-state index contributed by atoms with van der Waals surface area (Å²) in [5.74, 6) is 0.713. The number of nitrogens with one attached hydrogen (secondary N) is 1. The number of hydrogen-bond donors (Lipinski definition) is 2. The summed E-state index contributed by atoms with van der Waals surface area (Å²) in [5.41, 5.74) is 2.66. The smallest absolute Gasteiger partial charge is 0.224 e. The van der Waals surface area contributed by atoms with Crippen molar-refractivity contribution < 1.29 is 14.6 Å². The van der Waals surface area contributed by atoms with Crippen molar-refractivity contribution in [3.05, 3.63) is 64.2 Å². The lowest BCUT2D eigenvalue weighted by Crippen LogP contribution is -2.29. The first kappa shape index (κ1) is 15.8. The highest BCUT2D eigenvalue weighted by Gasteiger charge is 2.16. The van der Waals surface area contributed by atoms with Gasteiger partial charge in [0.05, 0.1) is 19.1 Å². The third kappa shape index (κ3) is 3.84. The number of amides is 1. The van der Waals surface area contributed by atoms with Crippen molar-refractivity contribution in [1.29, 1.82) is 0 Å². The van der Waals surface area contributed by atoms with Gasteiger partial charge in [-0.05, 0) is 34.9 Å². The zero-order valence-corrected chi connectivity index (χ0v) is 13.3. The van der Waals surface area contributed by atoms with Crippen molar-refractivity contribution in [2.75, 3.05) is 13.2 Å². The van der Waals surface area contributed by atoms with Crippen LogP contribution >= 0.6 is 11.6 Å². The lowest BCUT2D eigenvalue weighted by Gasteiger charge is -2.13. The second-order valence-electron chi connectivity index (χ2n) is 5.55. The Kier molecular flexibility index (Phi) is 4.84. The number of carbonyl (C=O) groups excluding carboxylic acids is 1. The molecule has 5 heteroatoms. The van der Waals surface area contributed by atoms with Crippen molar-refractivity contribution in [3.8, 4) is 5.75 Å². The van der Waals surface area contributed by atoms with E-state index in [-0.39, 0.29) is 18.9 Å². The number of ether oxygens (including phenoxy) is 1. The van der Waals surface area contributed by atoms with Crippen molar-refractivity contribution in [2.45, 2.75) is 18.9 Å². The second-order valence-corrected chi connectivity index (χ2v) is 5.96. The molecule has 23 heavy (non-hydrogen) atoms. The van der Waals surface area contributed by atoms with Gasteiger partial charge in [0.1, 0.15) is 5.75 Å². The average Bonchev–Trinajstić information content (AvgIpc) is 3.02. The maximum absolute atomic E-state index is 12.0. The molecule has 1 aliphatic rings. The first-order valence-electron chi connectivity index (χ1n) is 7.57. The van der Waals surface area contributed by atoms with Crippen molar-refractivity contribution >= 4 is 17.5 Å². The number of halogens is 1. The molecule has 4 nitrogen and oxygen atoms in total. The van der Waals surface area contributed by atoms with Crippen molar-refractivity contribution in [1.82, 2.24) is 5.32 Å². The third-order valence-corrected chi connectivity index (χ3v) is 4.27. The molecule has 0 radical (unpaired) electrons. The maximum Gasteiger partial charge on any atom is 0.224 e. The molecule has 0 aliphatic carbocycles. The molecule has 0 spiro atoms. The molecule has 0 saturated heterocycles. The van der Waals surface area contributed by atoms with Crippen LogP contribution in [0, 0.1) is 0 Å². The van der Waals surface area contributed by atoms with Crippen LogP contribution in [0.2, 0.25) is 5.02 Å². The molecule has 1 heterocycles. The molecule has 120 valence electrons. The lowest BCUT2D eigenvalue weighted by molar-refractivity contribution is -0.120. The largest absolute Gasteiger partial charge is 0.493 e. The van der Waals surface area contributed by atoms with E-state index in [1.165, 1.54) is 0 Å². The lowest BCUT2D eigenvalue weighted by atomic mass is 10.0. The second kappa shape index (κ2) is 7.02. The molecule has 1 amide bonds. The molecule has 3 rings (SSSR count). The Hall–Kier alpha value is -2.04. The fourth-order valence-corrected chi connectivity index (χ4v) is 2.82. The molecule has 2 N–H and O–H groups in total. The Morgan fingerprint density at radius 2 is 2.13 bits per heavy atom. The van der Waals surface area contributed by atoms with Crippen LogP contribution < -0.4 is 10.1 Å². The predicted octanol–water partition coefficient (Wildman–Crippen LogP) is 2.67. The van der Waals surface area contributed by atoms with Gasteiger partial charge >= 0.3 is 0 Å². The number of aliphatic hydroxyl groups is 1. The van der Waals surface area contributed by atoms with Gasteiger partial charge in [-0.2, -0.15) is 0 Å². The summed E-state index contributed by atoms with van der Waals surface area (Å²) in [4.78, 5) is 12.0. The van der Waals surface area contributed by atoms with Gasteiger partial charge in [0, 0.05) is 18.0 Å². The fraction of sp³-hybridized carbons (Fsp3) is 0.278. The molecule has 1 atom stereocenters. The van der Waals surface area contributed by atoms with Crippen LogP contribution in [-0.2, 0) is 17.6 Å². The van der Waals surface area contributed by atoms with E-state index < -0.39 is 6.10 Å². The topological polar surface area (TPSA) is 58.6 Å². The van der Waals surface area contributed by atoms with Crippen LogP contribution in [0.4, 0.5) is 0 Å². The summed E-state index contributed by atoms with van der Waals surface area (Å²) in [6.07, 6.45) is 0.315. The van der Waals surface area contributed by atoms with Gasteiger partial charge < -0.3 is 15.2 Å². The molecule has 0 aromatic heterocycles. The van der Waals surface area contributed by atoms with E-state index in [1.807, 2.05) is 36.4 Å². The third-order valence-electron chi connectivity index (χ3n) is 3.90.